The van der Waals surface area contributed by atoms with Crippen LogP contribution >= 0.6 is 11.8 Å². The summed E-state index contributed by atoms with van der Waals surface area (Å²) in [7, 11) is 0. The zero-order chi connectivity index (χ0) is 19.9. The van der Waals surface area contributed by atoms with E-state index in [9.17, 15) is 9.59 Å². The highest BCUT2D eigenvalue weighted by molar-refractivity contribution is 7.98. The number of aromatic nitrogens is 3. The minimum absolute atomic E-state index is 0.0803. The number of nitrogens with two attached hydrogens (primary N) is 1. The van der Waals surface area contributed by atoms with Gasteiger partial charge in [0.25, 0.3) is 0 Å². The van der Waals surface area contributed by atoms with E-state index in [4.69, 9.17) is 10.6 Å². The zero-order valence-electron chi connectivity index (χ0n) is 15.2. The van der Waals surface area contributed by atoms with Crippen molar-refractivity contribution >= 4 is 29.2 Å². The summed E-state index contributed by atoms with van der Waals surface area (Å²) in [5, 5.41) is 11.1. The van der Waals surface area contributed by atoms with Crippen LogP contribution in [0.3, 0.4) is 0 Å². The lowest BCUT2D eigenvalue weighted by molar-refractivity contribution is 0.0527. The number of carbonyl (C=O) groups excluding carboxylic acids is 1. The fraction of sp³-hybridized carbons (Fsp3) is 0.158. The van der Waals surface area contributed by atoms with Crippen LogP contribution in [-0.4, -0.2) is 27.4 Å². The van der Waals surface area contributed by atoms with E-state index < -0.39 is 11.5 Å². The molecule has 1 heterocycles. The van der Waals surface area contributed by atoms with E-state index in [1.165, 1.54) is 11.8 Å². The molecule has 0 aliphatic rings. The molecule has 9 heteroatoms. The maximum Gasteiger partial charge on any atom is 0.340 e. The Morgan fingerprint density at radius 1 is 1.14 bits per heavy atom. The van der Waals surface area contributed by atoms with Gasteiger partial charge in [0.05, 0.1) is 17.9 Å². The van der Waals surface area contributed by atoms with Gasteiger partial charge < -0.3 is 15.9 Å². The molecule has 2 aromatic carbocycles. The minimum Gasteiger partial charge on any atom is -0.462 e. The van der Waals surface area contributed by atoms with E-state index in [1.807, 2.05) is 30.3 Å². The molecule has 0 saturated heterocycles. The second-order valence-corrected chi connectivity index (χ2v) is 6.61. The second kappa shape index (κ2) is 9.05. The summed E-state index contributed by atoms with van der Waals surface area (Å²) in [4.78, 5) is 24.6. The smallest absolute Gasteiger partial charge is 0.340 e. The van der Waals surface area contributed by atoms with Gasteiger partial charge in [-0.25, -0.2) is 4.79 Å². The molecular formula is C19H19N5O3S. The summed E-state index contributed by atoms with van der Waals surface area (Å²) in [5.41, 5.74) is 1.20. The van der Waals surface area contributed by atoms with Crippen molar-refractivity contribution in [2.24, 2.45) is 0 Å². The Kier molecular flexibility index (Phi) is 6.28. The highest BCUT2D eigenvalue weighted by atomic mass is 32.2. The summed E-state index contributed by atoms with van der Waals surface area (Å²) in [6.45, 7) is 1.97. The largest absolute Gasteiger partial charge is 0.462 e. The summed E-state index contributed by atoms with van der Waals surface area (Å²) in [6, 6.07) is 16.4. The number of ether oxygens (including phenoxy) is 1. The topological polar surface area (TPSA) is 112 Å². The van der Waals surface area contributed by atoms with E-state index in [0.717, 1.165) is 10.2 Å². The van der Waals surface area contributed by atoms with Crippen LogP contribution in [0.1, 0.15) is 22.8 Å². The summed E-state index contributed by atoms with van der Waals surface area (Å²) < 4.78 is 5.97. The zero-order valence-corrected chi connectivity index (χ0v) is 16.0. The summed E-state index contributed by atoms with van der Waals surface area (Å²) in [6.07, 6.45) is 0. The Labute approximate surface area is 165 Å². The molecule has 28 heavy (non-hydrogen) atoms. The van der Waals surface area contributed by atoms with E-state index in [-0.39, 0.29) is 23.1 Å². The molecule has 0 saturated carbocycles. The Morgan fingerprint density at radius 3 is 2.61 bits per heavy atom. The van der Waals surface area contributed by atoms with Gasteiger partial charge in [0.15, 0.2) is 0 Å². The van der Waals surface area contributed by atoms with Gasteiger partial charge in [-0.1, -0.05) is 54.2 Å². The maximum absolute atomic E-state index is 12.6. The lowest BCUT2D eigenvalue weighted by Crippen LogP contribution is -2.32. The van der Waals surface area contributed by atoms with Crippen LogP contribution in [0, 0.1) is 0 Å². The average Bonchev–Trinajstić information content (AvgIpc) is 2.72. The molecule has 0 fully saturated rings. The normalized spacial score (nSPS) is 10.5. The van der Waals surface area contributed by atoms with Crippen molar-refractivity contribution in [1.29, 1.82) is 0 Å². The van der Waals surface area contributed by atoms with Gasteiger partial charge in [-0.2, -0.15) is 4.68 Å². The van der Waals surface area contributed by atoms with Crippen molar-refractivity contribution < 1.29 is 9.53 Å². The Bertz CT molecular complexity index is 1020. The molecule has 0 aliphatic carbocycles. The molecule has 3 aromatic rings. The monoisotopic (exact) mass is 397 g/mol. The van der Waals surface area contributed by atoms with Crippen LogP contribution in [0.25, 0.3) is 0 Å². The van der Waals surface area contributed by atoms with Gasteiger partial charge in [-0.05, 0) is 24.6 Å². The molecule has 0 bridgehead atoms. The number of nitrogen functional groups attached to an aromatic ring is 1. The SMILES string of the molecule is CCOC(=O)c1ccccc1Nc1nnc(SCc2ccccc2)n(N)c1=O. The quantitative estimate of drug-likeness (QED) is 0.355. The second-order valence-electron chi connectivity index (χ2n) is 5.67. The number of esters is 1. The Balaban J connectivity index is 1.80. The fourth-order valence-corrected chi connectivity index (χ4v) is 3.20. The van der Waals surface area contributed by atoms with Crippen molar-refractivity contribution in [3.8, 4) is 0 Å². The molecule has 0 atom stereocenters. The van der Waals surface area contributed by atoms with E-state index >= 15 is 0 Å². The third-order valence-electron chi connectivity index (χ3n) is 3.75. The van der Waals surface area contributed by atoms with E-state index in [0.29, 0.717) is 11.4 Å². The number of para-hydroxylation sites is 1. The predicted molar refractivity (Wildman–Crippen MR) is 108 cm³/mol. The number of anilines is 2. The van der Waals surface area contributed by atoms with Gasteiger partial charge in [-0.15, -0.1) is 10.2 Å². The molecule has 0 unspecified atom stereocenters. The lowest BCUT2D eigenvalue weighted by atomic mass is 10.2. The minimum atomic E-state index is -0.552. The molecule has 0 radical (unpaired) electrons. The standard InChI is InChI=1S/C19H19N5O3S/c1-2-27-18(26)14-10-6-7-11-15(14)21-16-17(25)24(20)19(23-22-16)28-12-13-8-4-3-5-9-13/h3-11H,2,12,20H2,1H3,(H,21,22). The van der Waals surface area contributed by atoms with Crippen LogP contribution in [0.2, 0.25) is 0 Å². The molecule has 144 valence electrons. The number of thioether (sulfide) groups is 1. The average molecular weight is 397 g/mol. The van der Waals surface area contributed by atoms with Crippen molar-refractivity contribution in [3.05, 3.63) is 76.1 Å². The van der Waals surface area contributed by atoms with Crippen LogP contribution in [0.4, 0.5) is 11.5 Å². The molecule has 0 aliphatic heterocycles. The number of nitrogens with one attached hydrogen (secondary N) is 1. The molecule has 8 nitrogen and oxygen atoms in total. The molecule has 1 aromatic heterocycles. The highest BCUT2D eigenvalue weighted by Gasteiger charge is 2.16. The number of hydrogen-bond donors (Lipinski definition) is 2. The van der Waals surface area contributed by atoms with Crippen molar-refractivity contribution in [3.63, 3.8) is 0 Å². The molecule has 3 rings (SSSR count). The molecule has 0 amide bonds. The van der Waals surface area contributed by atoms with Gasteiger partial charge in [-0.3, -0.25) is 4.79 Å². The molecular weight excluding hydrogens is 378 g/mol. The highest BCUT2D eigenvalue weighted by Crippen LogP contribution is 2.21. The number of carbonyl (C=O) groups is 1. The van der Waals surface area contributed by atoms with E-state index in [1.54, 1.807) is 31.2 Å². The Morgan fingerprint density at radius 2 is 1.86 bits per heavy atom. The van der Waals surface area contributed by atoms with Crippen molar-refractivity contribution in [2.75, 3.05) is 17.8 Å². The van der Waals surface area contributed by atoms with Gasteiger partial charge >= 0.3 is 11.5 Å². The number of nitrogens with zero attached hydrogens (tertiary/aromatic N) is 3. The number of benzene rings is 2. The maximum atomic E-state index is 12.6. The van der Waals surface area contributed by atoms with Crippen LogP contribution in [0.15, 0.2) is 64.5 Å². The molecule has 0 spiro atoms. The number of hydrogen-bond acceptors (Lipinski definition) is 8. The first-order valence-corrected chi connectivity index (χ1v) is 9.53. The van der Waals surface area contributed by atoms with Crippen molar-refractivity contribution in [1.82, 2.24) is 14.9 Å². The first-order valence-electron chi connectivity index (χ1n) is 8.55. The fourth-order valence-electron chi connectivity index (χ4n) is 2.39. The predicted octanol–water partition coefficient (Wildman–Crippen LogP) is 2.56. The molecule has 3 N–H and O–H groups in total. The summed E-state index contributed by atoms with van der Waals surface area (Å²) in [5.74, 6) is 5.92. The van der Waals surface area contributed by atoms with E-state index in [2.05, 4.69) is 15.5 Å². The van der Waals surface area contributed by atoms with Crippen molar-refractivity contribution in [2.45, 2.75) is 17.8 Å². The van der Waals surface area contributed by atoms with Crippen LogP contribution in [0.5, 0.6) is 0 Å². The third kappa shape index (κ3) is 4.49. The number of rotatable bonds is 7. The van der Waals surface area contributed by atoms with Crippen LogP contribution in [-0.2, 0) is 10.5 Å². The first kappa shape index (κ1) is 19.4. The van der Waals surface area contributed by atoms with Gasteiger partial charge in [0.2, 0.25) is 11.0 Å². The first-order chi connectivity index (χ1) is 13.6. The Hall–Kier alpha value is -3.33. The summed E-state index contributed by atoms with van der Waals surface area (Å²) >= 11 is 1.31. The van der Waals surface area contributed by atoms with Gasteiger partial charge in [0, 0.05) is 5.75 Å². The lowest BCUT2D eigenvalue weighted by Gasteiger charge is -2.11. The van der Waals surface area contributed by atoms with Crippen LogP contribution < -0.4 is 16.7 Å². The third-order valence-corrected chi connectivity index (χ3v) is 4.76. The van der Waals surface area contributed by atoms with Gasteiger partial charge in [0.1, 0.15) is 0 Å².